The van der Waals surface area contributed by atoms with Crippen LogP contribution < -0.4 is 0 Å². The lowest BCUT2D eigenvalue weighted by Crippen LogP contribution is -2.45. The molecule has 23 heavy (non-hydrogen) atoms. The van der Waals surface area contributed by atoms with E-state index in [9.17, 15) is 13.2 Å². The van der Waals surface area contributed by atoms with Gasteiger partial charge in [0.2, 0.25) is 5.91 Å². The Morgan fingerprint density at radius 3 is 2.65 bits per heavy atom. The summed E-state index contributed by atoms with van der Waals surface area (Å²) >= 11 is 0. The quantitative estimate of drug-likeness (QED) is 0.851. The number of rotatable bonds is 4. The molecule has 2 heterocycles. The first kappa shape index (κ1) is 16.2. The third-order valence-corrected chi connectivity index (χ3v) is 6.17. The molecule has 0 bridgehead atoms. The molecule has 1 amide bonds. The molecule has 0 radical (unpaired) electrons. The third-order valence-electron chi connectivity index (χ3n) is 4.70. The standard InChI is InChI=1S/C18H23NO3S/c20-18(13-16-9-11-23(21,22)14-16)19-10-5-4-8-17(19)12-15-6-2-1-3-7-15/h1-3,6-7,9,11,16-17H,4-5,8,10,12-14H2. The highest BCUT2D eigenvalue weighted by Gasteiger charge is 2.30. The van der Waals surface area contributed by atoms with E-state index in [4.69, 9.17) is 0 Å². The van der Waals surface area contributed by atoms with Crippen molar-refractivity contribution in [3.63, 3.8) is 0 Å². The van der Waals surface area contributed by atoms with Gasteiger partial charge in [0, 0.05) is 30.3 Å². The van der Waals surface area contributed by atoms with Crippen molar-refractivity contribution in [2.24, 2.45) is 5.92 Å². The summed E-state index contributed by atoms with van der Waals surface area (Å²) in [5, 5.41) is 1.25. The topological polar surface area (TPSA) is 54.5 Å². The fraction of sp³-hybridized carbons (Fsp3) is 0.500. The van der Waals surface area contributed by atoms with E-state index in [1.807, 2.05) is 23.1 Å². The van der Waals surface area contributed by atoms with Crippen molar-refractivity contribution in [2.75, 3.05) is 12.3 Å². The molecule has 1 saturated heterocycles. The summed E-state index contributed by atoms with van der Waals surface area (Å²) in [6.07, 6.45) is 6.07. The zero-order valence-corrected chi connectivity index (χ0v) is 14.0. The molecule has 0 aliphatic carbocycles. The van der Waals surface area contributed by atoms with Gasteiger partial charge in [0.25, 0.3) is 0 Å². The minimum atomic E-state index is -3.09. The van der Waals surface area contributed by atoms with E-state index in [0.29, 0.717) is 6.42 Å². The number of carbonyl (C=O) groups excluding carboxylic acids is 1. The third kappa shape index (κ3) is 4.22. The van der Waals surface area contributed by atoms with Gasteiger partial charge in [0.05, 0.1) is 5.75 Å². The van der Waals surface area contributed by atoms with Crippen LogP contribution in [0.25, 0.3) is 0 Å². The number of piperidine rings is 1. The molecule has 2 unspecified atom stereocenters. The van der Waals surface area contributed by atoms with Crippen LogP contribution in [0.1, 0.15) is 31.2 Å². The van der Waals surface area contributed by atoms with Gasteiger partial charge in [-0.1, -0.05) is 36.4 Å². The minimum Gasteiger partial charge on any atom is -0.339 e. The van der Waals surface area contributed by atoms with Gasteiger partial charge in [-0.3, -0.25) is 4.79 Å². The SMILES string of the molecule is O=C(CC1C=CS(=O)(=O)C1)N1CCCCC1Cc1ccccc1. The molecule has 4 nitrogen and oxygen atoms in total. The van der Waals surface area contributed by atoms with Crippen LogP contribution in [0.15, 0.2) is 41.8 Å². The highest BCUT2D eigenvalue weighted by molar-refractivity contribution is 7.94. The Labute approximate surface area is 138 Å². The van der Waals surface area contributed by atoms with E-state index in [1.165, 1.54) is 11.0 Å². The van der Waals surface area contributed by atoms with Gasteiger partial charge in [-0.25, -0.2) is 8.42 Å². The lowest BCUT2D eigenvalue weighted by atomic mass is 9.94. The number of carbonyl (C=O) groups is 1. The number of sulfone groups is 1. The lowest BCUT2D eigenvalue weighted by Gasteiger charge is -2.36. The fourth-order valence-electron chi connectivity index (χ4n) is 3.54. The van der Waals surface area contributed by atoms with Crippen LogP contribution in [0.2, 0.25) is 0 Å². The van der Waals surface area contributed by atoms with Crippen molar-refractivity contribution >= 4 is 15.7 Å². The summed E-state index contributed by atoms with van der Waals surface area (Å²) < 4.78 is 23.0. The average molecular weight is 333 g/mol. The molecule has 0 aromatic heterocycles. The summed E-state index contributed by atoms with van der Waals surface area (Å²) in [7, 11) is -3.09. The second-order valence-electron chi connectivity index (χ2n) is 6.55. The van der Waals surface area contributed by atoms with Crippen molar-refractivity contribution in [3.8, 4) is 0 Å². The second kappa shape index (κ2) is 6.87. The van der Waals surface area contributed by atoms with Crippen LogP contribution in [0.4, 0.5) is 0 Å². The molecule has 3 rings (SSSR count). The minimum absolute atomic E-state index is 0.0793. The van der Waals surface area contributed by atoms with Crippen LogP contribution >= 0.6 is 0 Å². The van der Waals surface area contributed by atoms with E-state index in [1.54, 1.807) is 6.08 Å². The summed E-state index contributed by atoms with van der Waals surface area (Å²) in [5.41, 5.74) is 1.25. The Hall–Kier alpha value is -1.62. The first-order valence-electron chi connectivity index (χ1n) is 8.28. The van der Waals surface area contributed by atoms with Gasteiger partial charge in [0.1, 0.15) is 0 Å². The predicted octanol–water partition coefficient (Wildman–Crippen LogP) is 2.56. The van der Waals surface area contributed by atoms with Gasteiger partial charge in [-0.2, -0.15) is 0 Å². The van der Waals surface area contributed by atoms with Crippen molar-refractivity contribution in [1.29, 1.82) is 0 Å². The first-order chi connectivity index (χ1) is 11.0. The molecule has 0 N–H and O–H groups in total. The van der Waals surface area contributed by atoms with Crippen LogP contribution in [0, 0.1) is 5.92 Å². The molecule has 2 atom stereocenters. The number of allylic oxidation sites excluding steroid dienone is 1. The number of hydrogen-bond donors (Lipinski definition) is 0. The maximum atomic E-state index is 12.7. The van der Waals surface area contributed by atoms with E-state index < -0.39 is 9.84 Å². The largest absolute Gasteiger partial charge is 0.339 e. The zero-order chi connectivity index (χ0) is 16.3. The number of likely N-dealkylation sites (tertiary alicyclic amines) is 1. The molecule has 5 heteroatoms. The lowest BCUT2D eigenvalue weighted by molar-refractivity contribution is -0.135. The van der Waals surface area contributed by atoms with Gasteiger partial charge >= 0.3 is 0 Å². The predicted molar refractivity (Wildman–Crippen MR) is 90.5 cm³/mol. The summed E-state index contributed by atoms with van der Waals surface area (Å²) in [4.78, 5) is 14.6. The molecule has 0 saturated carbocycles. The van der Waals surface area contributed by atoms with Gasteiger partial charge in [-0.15, -0.1) is 0 Å². The zero-order valence-electron chi connectivity index (χ0n) is 13.2. The molecular weight excluding hydrogens is 310 g/mol. The van der Waals surface area contributed by atoms with E-state index in [0.717, 1.165) is 32.2 Å². The monoisotopic (exact) mass is 333 g/mol. The Kier molecular flexibility index (Phi) is 4.85. The summed E-state index contributed by atoms with van der Waals surface area (Å²) in [5.74, 6) is 0.0137. The summed E-state index contributed by atoms with van der Waals surface area (Å²) in [6.45, 7) is 0.791. The Morgan fingerprint density at radius 1 is 1.17 bits per heavy atom. The van der Waals surface area contributed by atoms with Crippen molar-refractivity contribution < 1.29 is 13.2 Å². The van der Waals surface area contributed by atoms with Crippen LogP contribution in [0.3, 0.4) is 0 Å². The average Bonchev–Trinajstić information content (AvgIpc) is 2.87. The number of benzene rings is 1. The number of amides is 1. The normalized spacial score (nSPS) is 26.3. The Bertz CT molecular complexity index is 681. The van der Waals surface area contributed by atoms with Crippen molar-refractivity contribution in [3.05, 3.63) is 47.4 Å². The highest BCUT2D eigenvalue weighted by atomic mass is 32.2. The first-order valence-corrected chi connectivity index (χ1v) is 9.99. The highest BCUT2D eigenvalue weighted by Crippen LogP contribution is 2.25. The van der Waals surface area contributed by atoms with Gasteiger partial charge < -0.3 is 4.90 Å². The van der Waals surface area contributed by atoms with E-state index in [2.05, 4.69) is 12.1 Å². The molecule has 2 aliphatic heterocycles. The summed E-state index contributed by atoms with van der Waals surface area (Å²) in [6, 6.07) is 10.5. The number of nitrogens with zero attached hydrogens (tertiary/aromatic N) is 1. The van der Waals surface area contributed by atoms with Crippen LogP contribution in [-0.4, -0.2) is 37.6 Å². The molecule has 0 spiro atoms. The molecule has 1 aromatic rings. The van der Waals surface area contributed by atoms with Gasteiger partial charge in [-0.05, 0) is 31.2 Å². The second-order valence-corrected chi connectivity index (χ2v) is 8.48. The Balaban J connectivity index is 1.64. The van der Waals surface area contributed by atoms with E-state index >= 15 is 0 Å². The molecule has 1 fully saturated rings. The number of hydrogen-bond acceptors (Lipinski definition) is 3. The smallest absolute Gasteiger partial charge is 0.223 e. The molecule has 124 valence electrons. The van der Waals surface area contributed by atoms with Crippen LogP contribution in [0.5, 0.6) is 0 Å². The van der Waals surface area contributed by atoms with Crippen LogP contribution in [-0.2, 0) is 21.1 Å². The van der Waals surface area contributed by atoms with Crippen molar-refractivity contribution in [1.82, 2.24) is 4.90 Å². The Morgan fingerprint density at radius 2 is 1.96 bits per heavy atom. The van der Waals surface area contributed by atoms with Gasteiger partial charge in [0.15, 0.2) is 9.84 Å². The van der Waals surface area contributed by atoms with Crippen molar-refractivity contribution in [2.45, 2.75) is 38.1 Å². The maximum absolute atomic E-state index is 12.7. The molecule has 2 aliphatic rings. The van der Waals surface area contributed by atoms with E-state index in [-0.39, 0.29) is 23.6 Å². The fourth-order valence-corrected chi connectivity index (χ4v) is 4.93. The molecular formula is C18H23NO3S. The molecule has 1 aromatic carbocycles. The maximum Gasteiger partial charge on any atom is 0.223 e.